The van der Waals surface area contributed by atoms with Gasteiger partial charge in [-0.3, -0.25) is 0 Å². The van der Waals surface area contributed by atoms with E-state index in [0.717, 1.165) is 16.6 Å². The van der Waals surface area contributed by atoms with Gasteiger partial charge < -0.3 is 10.6 Å². The maximum absolute atomic E-state index is 5.93. The normalized spacial score (nSPS) is 15.8. The third-order valence-corrected chi connectivity index (χ3v) is 4.57. The molecule has 0 aromatic heterocycles. The molecule has 1 aliphatic carbocycles. The third kappa shape index (κ3) is 3.73. The zero-order chi connectivity index (χ0) is 14.7. The van der Waals surface area contributed by atoms with E-state index in [1.807, 2.05) is 6.07 Å². The topological polar surface area (TPSA) is 29.3 Å². The van der Waals surface area contributed by atoms with Crippen LogP contribution in [0.15, 0.2) is 22.7 Å². The van der Waals surface area contributed by atoms with Crippen LogP contribution in [0, 0.1) is 5.92 Å². The molecule has 1 fully saturated rings. The molecule has 0 heterocycles. The van der Waals surface area contributed by atoms with Gasteiger partial charge in [0.15, 0.2) is 0 Å². The third-order valence-electron chi connectivity index (χ3n) is 3.86. The fourth-order valence-corrected chi connectivity index (χ4v) is 3.53. The molecular formula is C16H23BrN2S. The van der Waals surface area contributed by atoms with Crippen LogP contribution >= 0.6 is 28.1 Å². The van der Waals surface area contributed by atoms with Crippen LogP contribution in [0.2, 0.25) is 0 Å². The second kappa shape index (κ2) is 6.90. The van der Waals surface area contributed by atoms with Gasteiger partial charge in [-0.05, 0) is 37.0 Å². The summed E-state index contributed by atoms with van der Waals surface area (Å²) in [4.78, 5) is 3.01. The van der Waals surface area contributed by atoms with Crippen LogP contribution in [0.1, 0.15) is 45.1 Å². The summed E-state index contributed by atoms with van der Waals surface area (Å²) in [5.74, 6) is 0.624. The summed E-state index contributed by atoms with van der Waals surface area (Å²) in [5.41, 5.74) is 8.12. The summed E-state index contributed by atoms with van der Waals surface area (Å²) in [7, 11) is 0. The van der Waals surface area contributed by atoms with Crippen molar-refractivity contribution in [2.75, 3.05) is 11.4 Å². The van der Waals surface area contributed by atoms with Gasteiger partial charge in [-0.2, -0.15) is 0 Å². The van der Waals surface area contributed by atoms with Crippen molar-refractivity contribution in [2.24, 2.45) is 11.7 Å². The number of rotatable bonds is 5. The fraction of sp³-hybridized carbons (Fsp3) is 0.562. The Hall–Kier alpha value is -0.610. The molecular weight excluding hydrogens is 332 g/mol. The molecule has 0 saturated heterocycles. The van der Waals surface area contributed by atoms with Crippen molar-refractivity contribution < 1.29 is 0 Å². The van der Waals surface area contributed by atoms with Gasteiger partial charge in [0.1, 0.15) is 4.99 Å². The monoisotopic (exact) mass is 354 g/mol. The summed E-state index contributed by atoms with van der Waals surface area (Å²) >= 11 is 8.76. The van der Waals surface area contributed by atoms with Gasteiger partial charge in [0.2, 0.25) is 0 Å². The van der Waals surface area contributed by atoms with Crippen molar-refractivity contribution in [3.8, 4) is 0 Å². The van der Waals surface area contributed by atoms with E-state index in [0.29, 0.717) is 16.9 Å². The van der Waals surface area contributed by atoms with E-state index in [1.54, 1.807) is 0 Å². The summed E-state index contributed by atoms with van der Waals surface area (Å²) < 4.78 is 1.03. The highest BCUT2D eigenvalue weighted by Gasteiger charge is 2.25. The van der Waals surface area contributed by atoms with Crippen LogP contribution < -0.4 is 10.6 Å². The van der Waals surface area contributed by atoms with E-state index in [1.165, 1.54) is 31.4 Å². The summed E-state index contributed by atoms with van der Waals surface area (Å²) in [6, 6.07) is 6.91. The van der Waals surface area contributed by atoms with Gasteiger partial charge in [-0.25, -0.2) is 0 Å². The molecule has 2 nitrogen and oxygen atoms in total. The largest absolute Gasteiger partial charge is 0.389 e. The highest BCUT2D eigenvalue weighted by atomic mass is 79.9. The van der Waals surface area contributed by atoms with Crippen LogP contribution in [-0.4, -0.2) is 17.6 Å². The number of hydrogen-bond donors (Lipinski definition) is 1. The highest BCUT2D eigenvalue weighted by molar-refractivity contribution is 9.10. The molecule has 1 aliphatic rings. The average Bonchev–Trinajstić information content (AvgIpc) is 2.89. The quantitative estimate of drug-likeness (QED) is 0.789. The van der Waals surface area contributed by atoms with Gasteiger partial charge in [0, 0.05) is 28.3 Å². The number of hydrogen-bond acceptors (Lipinski definition) is 2. The number of halogens is 1. The minimum Gasteiger partial charge on any atom is -0.389 e. The van der Waals surface area contributed by atoms with Crippen LogP contribution in [-0.2, 0) is 0 Å². The van der Waals surface area contributed by atoms with Crippen LogP contribution in [0.4, 0.5) is 5.69 Å². The Morgan fingerprint density at radius 1 is 1.40 bits per heavy atom. The first-order valence-corrected chi connectivity index (χ1v) is 8.55. The van der Waals surface area contributed by atoms with Crippen LogP contribution in [0.25, 0.3) is 0 Å². The second-order valence-corrected chi connectivity index (χ2v) is 7.37. The maximum Gasteiger partial charge on any atom is 0.106 e. The molecule has 0 bridgehead atoms. The molecule has 0 atom stereocenters. The molecule has 2 rings (SSSR count). The van der Waals surface area contributed by atoms with E-state index >= 15 is 0 Å². The predicted octanol–water partition coefficient (Wildman–Crippen LogP) is 4.49. The van der Waals surface area contributed by atoms with Crippen LogP contribution in [0.3, 0.4) is 0 Å². The van der Waals surface area contributed by atoms with Crippen molar-refractivity contribution in [3.05, 3.63) is 28.2 Å². The van der Waals surface area contributed by atoms with Crippen LogP contribution in [0.5, 0.6) is 0 Å². The van der Waals surface area contributed by atoms with Gasteiger partial charge >= 0.3 is 0 Å². The van der Waals surface area contributed by atoms with E-state index in [-0.39, 0.29) is 0 Å². The van der Waals surface area contributed by atoms with Crippen molar-refractivity contribution in [2.45, 2.75) is 45.6 Å². The zero-order valence-electron chi connectivity index (χ0n) is 12.2. The van der Waals surface area contributed by atoms with E-state index in [4.69, 9.17) is 18.0 Å². The van der Waals surface area contributed by atoms with E-state index < -0.39 is 0 Å². The van der Waals surface area contributed by atoms with E-state index in [9.17, 15) is 0 Å². The average molecular weight is 355 g/mol. The predicted molar refractivity (Wildman–Crippen MR) is 94.5 cm³/mol. The Kier molecular flexibility index (Phi) is 5.44. The lowest BCUT2D eigenvalue weighted by atomic mass is 10.1. The maximum atomic E-state index is 5.93. The lowest BCUT2D eigenvalue weighted by molar-refractivity contribution is 0.535. The number of nitrogens with two attached hydrogens (primary N) is 1. The molecule has 0 amide bonds. The molecule has 110 valence electrons. The van der Waals surface area contributed by atoms with Gasteiger partial charge in [0.05, 0.1) is 0 Å². The zero-order valence-corrected chi connectivity index (χ0v) is 14.6. The molecule has 1 aromatic carbocycles. The second-order valence-electron chi connectivity index (χ2n) is 6.01. The molecule has 0 spiro atoms. The molecule has 1 saturated carbocycles. The van der Waals surface area contributed by atoms with Crippen molar-refractivity contribution in [1.82, 2.24) is 0 Å². The highest BCUT2D eigenvalue weighted by Crippen LogP contribution is 2.32. The number of nitrogens with zero attached hydrogens (tertiary/aromatic N) is 1. The van der Waals surface area contributed by atoms with Crippen molar-refractivity contribution in [3.63, 3.8) is 0 Å². The van der Waals surface area contributed by atoms with Crippen molar-refractivity contribution in [1.29, 1.82) is 0 Å². The number of anilines is 1. The number of benzene rings is 1. The Labute approximate surface area is 135 Å². The molecule has 0 radical (unpaired) electrons. The summed E-state index contributed by atoms with van der Waals surface area (Å²) in [6.07, 6.45) is 5.22. The lowest BCUT2D eigenvalue weighted by Gasteiger charge is -2.34. The summed E-state index contributed by atoms with van der Waals surface area (Å²) in [5, 5.41) is 0. The molecule has 4 heteroatoms. The molecule has 2 N–H and O–H groups in total. The smallest absolute Gasteiger partial charge is 0.106 e. The Bertz CT molecular complexity index is 481. The lowest BCUT2D eigenvalue weighted by Crippen LogP contribution is -2.37. The van der Waals surface area contributed by atoms with Gasteiger partial charge in [0.25, 0.3) is 0 Å². The standard InChI is InChI=1S/C16H23BrN2S/c1-11(2)10-19(13-5-3-4-6-13)15-8-7-12(17)9-14(15)16(18)20/h7-9,11,13H,3-6,10H2,1-2H3,(H2,18,20). The first-order chi connectivity index (χ1) is 9.49. The number of thiocarbonyl (C=S) groups is 1. The van der Waals surface area contributed by atoms with Gasteiger partial charge in [-0.1, -0.05) is 54.8 Å². The molecule has 20 heavy (non-hydrogen) atoms. The van der Waals surface area contributed by atoms with E-state index in [2.05, 4.69) is 46.8 Å². The first-order valence-electron chi connectivity index (χ1n) is 7.35. The molecule has 0 aliphatic heterocycles. The minimum absolute atomic E-state index is 0.480. The summed E-state index contributed by atoms with van der Waals surface area (Å²) in [6.45, 7) is 5.59. The molecule has 1 aromatic rings. The minimum atomic E-state index is 0.480. The first kappa shape index (κ1) is 15.8. The molecule has 0 unspecified atom stereocenters. The van der Waals surface area contributed by atoms with Crippen molar-refractivity contribution >= 4 is 38.8 Å². The van der Waals surface area contributed by atoms with Gasteiger partial charge in [-0.15, -0.1) is 0 Å². The Morgan fingerprint density at radius 2 is 2.05 bits per heavy atom. The fourth-order valence-electron chi connectivity index (χ4n) is 3.01. The Morgan fingerprint density at radius 3 is 2.60 bits per heavy atom. The Balaban J connectivity index is 2.39. The SMILES string of the molecule is CC(C)CN(c1ccc(Br)cc1C(N)=S)C1CCCC1.